The Balaban J connectivity index is 1.84. The maximum atomic E-state index is 11.9. The standard InChI is InChI=1S/C18H20ClNO3/c1-2-3-11-22-14-7-6-8-15(12-14)23-13-18(21)20-17-10-5-4-9-16(17)19/h4-10,12H,2-3,11,13H2,1H3,(H,20,21). The van der Waals surface area contributed by atoms with Crippen molar-refractivity contribution in [3.63, 3.8) is 0 Å². The SMILES string of the molecule is CCCCOc1cccc(OCC(=O)Nc2ccccc2Cl)c1. The van der Waals surface area contributed by atoms with E-state index in [0.717, 1.165) is 18.6 Å². The Bertz CT molecular complexity index is 646. The molecule has 0 atom stereocenters. The van der Waals surface area contributed by atoms with Crippen molar-refractivity contribution in [1.82, 2.24) is 0 Å². The van der Waals surface area contributed by atoms with Gasteiger partial charge in [0.15, 0.2) is 6.61 Å². The van der Waals surface area contributed by atoms with Crippen LogP contribution in [0.25, 0.3) is 0 Å². The second kappa shape index (κ2) is 9.06. The third-order valence-electron chi connectivity index (χ3n) is 3.09. The molecule has 1 N–H and O–H groups in total. The van der Waals surface area contributed by atoms with Crippen LogP contribution in [0.3, 0.4) is 0 Å². The number of carbonyl (C=O) groups is 1. The molecule has 23 heavy (non-hydrogen) atoms. The Labute approximate surface area is 141 Å². The van der Waals surface area contributed by atoms with Gasteiger partial charge >= 0.3 is 0 Å². The molecule has 0 heterocycles. The van der Waals surface area contributed by atoms with E-state index in [2.05, 4.69) is 12.2 Å². The fourth-order valence-corrected chi connectivity index (χ4v) is 2.07. The molecule has 0 saturated carbocycles. The van der Waals surface area contributed by atoms with Crippen molar-refractivity contribution >= 4 is 23.2 Å². The molecule has 0 aromatic heterocycles. The molecule has 2 aromatic carbocycles. The van der Waals surface area contributed by atoms with Crippen LogP contribution in [0, 0.1) is 0 Å². The number of rotatable bonds is 8. The van der Waals surface area contributed by atoms with E-state index in [1.807, 2.05) is 12.1 Å². The normalized spacial score (nSPS) is 10.2. The topological polar surface area (TPSA) is 47.6 Å². The summed E-state index contributed by atoms with van der Waals surface area (Å²) in [7, 11) is 0. The maximum absolute atomic E-state index is 11.9. The fourth-order valence-electron chi connectivity index (χ4n) is 1.89. The molecule has 0 saturated heterocycles. The first-order valence-electron chi connectivity index (χ1n) is 7.59. The van der Waals surface area contributed by atoms with Crippen LogP contribution < -0.4 is 14.8 Å². The van der Waals surface area contributed by atoms with Crippen molar-refractivity contribution < 1.29 is 14.3 Å². The highest BCUT2D eigenvalue weighted by Gasteiger charge is 2.06. The summed E-state index contributed by atoms with van der Waals surface area (Å²) in [5, 5.41) is 3.20. The molecule has 0 fully saturated rings. The zero-order valence-electron chi connectivity index (χ0n) is 13.0. The van der Waals surface area contributed by atoms with Gasteiger partial charge in [-0.05, 0) is 30.7 Å². The van der Waals surface area contributed by atoms with E-state index in [1.54, 1.807) is 36.4 Å². The Hall–Kier alpha value is -2.20. The lowest BCUT2D eigenvalue weighted by Gasteiger charge is -2.10. The van der Waals surface area contributed by atoms with E-state index in [-0.39, 0.29) is 12.5 Å². The van der Waals surface area contributed by atoms with E-state index in [4.69, 9.17) is 21.1 Å². The number of carbonyl (C=O) groups excluding carboxylic acids is 1. The molecule has 5 heteroatoms. The molecule has 1 amide bonds. The maximum Gasteiger partial charge on any atom is 0.262 e. The first-order chi connectivity index (χ1) is 11.2. The Morgan fingerprint density at radius 2 is 1.83 bits per heavy atom. The molecular weight excluding hydrogens is 314 g/mol. The van der Waals surface area contributed by atoms with Gasteiger partial charge < -0.3 is 14.8 Å². The lowest BCUT2D eigenvalue weighted by Crippen LogP contribution is -2.20. The van der Waals surface area contributed by atoms with Gasteiger partial charge in [-0.25, -0.2) is 0 Å². The highest BCUT2D eigenvalue weighted by molar-refractivity contribution is 6.33. The number of ether oxygens (including phenoxy) is 2. The highest BCUT2D eigenvalue weighted by atomic mass is 35.5. The molecule has 0 aliphatic heterocycles. The van der Waals surface area contributed by atoms with Crippen molar-refractivity contribution in [2.24, 2.45) is 0 Å². The van der Waals surface area contributed by atoms with Gasteiger partial charge in [-0.15, -0.1) is 0 Å². The van der Waals surface area contributed by atoms with Crippen LogP contribution in [0.5, 0.6) is 11.5 Å². The van der Waals surface area contributed by atoms with Crippen molar-refractivity contribution in [2.45, 2.75) is 19.8 Å². The van der Waals surface area contributed by atoms with E-state index >= 15 is 0 Å². The van der Waals surface area contributed by atoms with Crippen LogP contribution in [-0.2, 0) is 4.79 Å². The van der Waals surface area contributed by atoms with Gasteiger partial charge in [-0.1, -0.05) is 43.1 Å². The van der Waals surface area contributed by atoms with Crippen molar-refractivity contribution in [3.8, 4) is 11.5 Å². The number of halogens is 1. The molecule has 0 unspecified atom stereocenters. The Morgan fingerprint density at radius 3 is 2.57 bits per heavy atom. The minimum atomic E-state index is -0.268. The molecular formula is C18H20ClNO3. The first-order valence-corrected chi connectivity index (χ1v) is 7.97. The summed E-state index contributed by atoms with van der Waals surface area (Å²) in [6, 6.07) is 14.3. The quantitative estimate of drug-likeness (QED) is 0.722. The van der Waals surface area contributed by atoms with Crippen LogP contribution in [0.15, 0.2) is 48.5 Å². The second-order valence-electron chi connectivity index (χ2n) is 4.99. The summed E-state index contributed by atoms with van der Waals surface area (Å²) in [6.45, 7) is 2.69. The van der Waals surface area contributed by atoms with Gasteiger partial charge in [0.2, 0.25) is 0 Å². The number of hydrogen-bond donors (Lipinski definition) is 1. The predicted octanol–water partition coefficient (Wildman–Crippen LogP) is 4.54. The average Bonchev–Trinajstić information content (AvgIpc) is 2.56. The number of amides is 1. The highest BCUT2D eigenvalue weighted by Crippen LogP contribution is 2.21. The van der Waals surface area contributed by atoms with Gasteiger partial charge in [-0.3, -0.25) is 4.79 Å². The molecule has 0 aliphatic carbocycles. The van der Waals surface area contributed by atoms with E-state index in [1.165, 1.54) is 0 Å². The molecule has 0 aliphatic rings. The summed E-state index contributed by atoms with van der Waals surface area (Å²) in [4.78, 5) is 11.9. The Kier molecular flexibility index (Phi) is 6.76. The lowest BCUT2D eigenvalue weighted by atomic mass is 10.3. The minimum absolute atomic E-state index is 0.0936. The largest absolute Gasteiger partial charge is 0.493 e. The molecule has 2 aromatic rings. The molecule has 122 valence electrons. The monoisotopic (exact) mass is 333 g/mol. The predicted molar refractivity (Wildman–Crippen MR) is 92.4 cm³/mol. The van der Waals surface area contributed by atoms with Crippen LogP contribution in [0.2, 0.25) is 5.02 Å². The number of hydrogen-bond acceptors (Lipinski definition) is 3. The second-order valence-corrected chi connectivity index (χ2v) is 5.40. The molecule has 4 nitrogen and oxygen atoms in total. The third kappa shape index (κ3) is 5.83. The fraction of sp³-hybridized carbons (Fsp3) is 0.278. The number of benzene rings is 2. The Morgan fingerprint density at radius 1 is 1.09 bits per heavy atom. The van der Waals surface area contributed by atoms with Crippen LogP contribution in [0.1, 0.15) is 19.8 Å². The molecule has 0 spiro atoms. The van der Waals surface area contributed by atoms with Crippen LogP contribution in [-0.4, -0.2) is 19.1 Å². The van der Waals surface area contributed by atoms with Crippen molar-refractivity contribution in [1.29, 1.82) is 0 Å². The summed E-state index contributed by atoms with van der Waals surface area (Å²) in [5.41, 5.74) is 0.569. The number of nitrogens with one attached hydrogen (secondary N) is 1. The average molecular weight is 334 g/mol. The van der Waals surface area contributed by atoms with Gasteiger partial charge in [0.1, 0.15) is 11.5 Å². The van der Waals surface area contributed by atoms with Crippen LogP contribution >= 0.6 is 11.6 Å². The number of para-hydroxylation sites is 1. The lowest BCUT2D eigenvalue weighted by molar-refractivity contribution is -0.118. The molecule has 0 bridgehead atoms. The summed E-state index contributed by atoms with van der Waals surface area (Å²) in [5.74, 6) is 1.06. The smallest absolute Gasteiger partial charge is 0.262 e. The van der Waals surface area contributed by atoms with Gasteiger partial charge in [0.25, 0.3) is 5.91 Å². The van der Waals surface area contributed by atoms with E-state index in [9.17, 15) is 4.79 Å². The van der Waals surface area contributed by atoms with E-state index in [0.29, 0.717) is 23.1 Å². The van der Waals surface area contributed by atoms with Gasteiger partial charge in [-0.2, -0.15) is 0 Å². The summed E-state index contributed by atoms with van der Waals surface area (Å²) >= 11 is 5.99. The van der Waals surface area contributed by atoms with Gasteiger partial charge in [0.05, 0.1) is 17.3 Å². The number of anilines is 1. The zero-order chi connectivity index (χ0) is 16.5. The van der Waals surface area contributed by atoms with Crippen molar-refractivity contribution in [3.05, 3.63) is 53.6 Å². The number of unbranched alkanes of at least 4 members (excludes halogenated alkanes) is 1. The van der Waals surface area contributed by atoms with Crippen LogP contribution in [0.4, 0.5) is 5.69 Å². The summed E-state index contributed by atoms with van der Waals surface area (Å²) in [6.07, 6.45) is 2.09. The summed E-state index contributed by atoms with van der Waals surface area (Å²) < 4.78 is 11.1. The minimum Gasteiger partial charge on any atom is -0.493 e. The van der Waals surface area contributed by atoms with Gasteiger partial charge in [0, 0.05) is 6.07 Å². The van der Waals surface area contributed by atoms with E-state index < -0.39 is 0 Å². The first kappa shape index (κ1) is 17.2. The molecule has 0 radical (unpaired) electrons. The van der Waals surface area contributed by atoms with Crippen molar-refractivity contribution in [2.75, 3.05) is 18.5 Å². The zero-order valence-corrected chi connectivity index (χ0v) is 13.8. The third-order valence-corrected chi connectivity index (χ3v) is 3.42. The molecule has 2 rings (SSSR count).